The molecule has 0 fully saturated rings. The largest absolute Gasteiger partial charge is 0.486 e. The molecule has 2 rings (SSSR count). The molecule has 2 N–H and O–H groups in total. The van der Waals surface area contributed by atoms with Gasteiger partial charge in [0.25, 0.3) is 0 Å². The zero-order valence-corrected chi connectivity index (χ0v) is 12.0. The van der Waals surface area contributed by atoms with Crippen LogP contribution < -0.4 is 14.8 Å². The first-order chi connectivity index (χ1) is 9.15. The van der Waals surface area contributed by atoms with Crippen molar-refractivity contribution in [2.75, 3.05) is 19.8 Å². The third-order valence-corrected chi connectivity index (χ3v) is 3.58. The lowest BCUT2D eigenvalue weighted by Gasteiger charge is -2.25. The van der Waals surface area contributed by atoms with Gasteiger partial charge in [0.2, 0.25) is 0 Å². The van der Waals surface area contributed by atoms with Gasteiger partial charge in [-0.1, -0.05) is 18.5 Å². The first-order valence-electron chi connectivity index (χ1n) is 6.61. The number of aliphatic hydroxyl groups is 1. The Morgan fingerprint density at radius 1 is 1.37 bits per heavy atom. The molecule has 0 spiro atoms. The Morgan fingerprint density at radius 3 is 2.79 bits per heavy atom. The Kier molecular flexibility index (Phi) is 4.91. The van der Waals surface area contributed by atoms with Crippen molar-refractivity contribution in [3.63, 3.8) is 0 Å². The van der Waals surface area contributed by atoms with Crippen molar-refractivity contribution in [3.8, 4) is 11.5 Å². The van der Waals surface area contributed by atoms with Crippen LogP contribution in [0.15, 0.2) is 12.1 Å². The third-order valence-electron chi connectivity index (χ3n) is 3.30. The monoisotopic (exact) mass is 285 g/mol. The number of hydrogen-bond donors (Lipinski definition) is 2. The highest BCUT2D eigenvalue weighted by atomic mass is 35.5. The van der Waals surface area contributed by atoms with E-state index in [0.717, 1.165) is 12.0 Å². The number of nitrogens with one attached hydrogen (secondary N) is 1. The fourth-order valence-corrected chi connectivity index (χ4v) is 2.32. The summed E-state index contributed by atoms with van der Waals surface area (Å²) in [4.78, 5) is 0. The minimum absolute atomic E-state index is 0.0142. The molecule has 5 heteroatoms. The molecule has 1 aliphatic rings. The number of rotatable bonds is 5. The summed E-state index contributed by atoms with van der Waals surface area (Å²) in [6, 6.07) is 3.88. The van der Waals surface area contributed by atoms with Crippen LogP contribution in [0.5, 0.6) is 11.5 Å². The van der Waals surface area contributed by atoms with Crippen molar-refractivity contribution in [2.24, 2.45) is 0 Å². The van der Waals surface area contributed by atoms with Gasteiger partial charge in [0.05, 0.1) is 17.7 Å². The highest BCUT2D eigenvalue weighted by molar-refractivity contribution is 6.32. The number of fused-ring (bicyclic) bond motifs is 1. The summed E-state index contributed by atoms with van der Waals surface area (Å²) in [7, 11) is 0. The quantitative estimate of drug-likeness (QED) is 0.873. The second-order valence-corrected chi connectivity index (χ2v) is 5.15. The Bertz CT molecular complexity index is 439. The van der Waals surface area contributed by atoms with Gasteiger partial charge >= 0.3 is 0 Å². The van der Waals surface area contributed by atoms with E-state index in [1.807, 2.05) is 12.1 Å². The standard InChI is InChI=1S/C14H20ClNO3/c1-3-9(2)16-12(8-17)10-6-11(15)14-13(7-10)18-4-5-19-14/h6-7,9,12,16-17H,3-5,8H2,1-2H3. The number of halogens is 1. The average Bonchev–Trinajstić information content (AvgIpc) is 2.44. The molecule has 0 aromatic heterocycles. The topological polar surface area (TPSA) is 50.7 Å². The van der Waals surface area contributed by atoms with Crippen LogP contribution in [0.2, 0.25) is 5.02 Å². The predicted octanol–water partition coefficient (Wildman–Crippen LogP) is 2.53. The summed E-state index contributed by atoms with van der Waals surface area (Å²) < 4.78 is 11.0. The first kappa shape index (κ1) is 14.4. The van der Waals surface area contributed by atoms with Gasteiger partial charge in [-0.2, -0.15) is 0 Å². The van der Waals surface area contributed by atoms with Crippen LogP contribution in [-0.4, -0.2) is 31.0 Å². The molecule has 1 heterocycles. The Morgan fingerprint density at radius 2 is 2.11 bits per heavy atom. The Balaban J connectivity index is 2.25. The van der Waals surface area contributed by atoms with E-state index in [1.165, 1.54) is 0 Å². The van der Waals surface area contributed by atoms with E-state index < -0.39 is 0 Å². The van der Waals surface area contributed by atoms with Crippen LogP contribution >= 0.6 is 11.6 Å². The molecule has 0 bridgehead atoms. The van der Waals surface area contributed by atoms with Crippen molar-refractivity contribution in [1.29, 1.82) is 0 Å². The van der Waals surface area contributed by atoms with Gasteiger partial charge in [-0.15, -0.1) is 0 Å². The summed E-state index contributed by atoms with van der Waals surface area (Å²) in [5.41, 5.74) is 0.914. The highest BCUT2D eigenvalue weighted by Crippen LogP contribution is 2.39. The van der Waals surface area contributed by atoms with Crippen LogP contribution in [0.3, 0.4) is 0 Å². The van der Waals surface area contributed by atoms with Gasteiger partial charge in [0.1, 0.15) is 13.2 Å². The summed E-state index contributed by atoms with van der Waals surface area (Å²) in [5.74, 6) is 1.25. The zero-order chi connectivity index (χ0) is 13.8. The van der Waals surface area contributed by atoms with E-state index in [1.54, 1.807) is 0 Å². The van der Waals surface area contributed by atoms with Crippen LogP contribution in [0.4, 0.5) is 0 Å². The van der Waals surface area contributed by atoms with E-state index in [-0.39, 0.29) is 12.6 Å². The molecule has 0 radical (unpaired) electrons. The van der Waals surface area contributed by atoms with Gasteiger partial charge in [-0.25, -0.2) is 0 Å². The van der Waals surface area contributed by atoms with Crippen molar-refractivity contribution >= 4 is 11.6 Å². The summed E-state index contributed by atoms with van der Waals surface area (Å²) in [6.45, 7) is 5.24. The lowest BCUT2D eigenvalue weighted by atomic mass is 10.0. The number of ether oxygens (including phenoxy) is 2. The van der Waals surface area contributed by atoms with Crippen molar-refractivity contribution < 1.29 is 14.6 Å². The molecule has 106 valence electrons. The molecule has 0 amide bonds. The van der Waals surface area contributed by atoms with Gasteiger partial charge in [-0.3, -0.25) is 0 Å². The van der Waals surface area contributed by atoms with Gasteiger partial charge in [-0.05, 0) is 31.0 Å². The van der Waals surface area contributed by atoms with Gasteiger partial charge in [0.15, 0.2) is 11.5 Å². The number of aliphatic hydroxyl groups excluding tert-OH is 1. The average molecular weight is 286 g/mol. The van der Waals surface area contributed by atoms with Crippen LogP contribution in [0, 0.1) is 0 Å². The number of hydrogen-bond acceptors (Lipinski definition) is 4. The van der Waals surface area contributed by atoms with E-state index in [4.69, 9.17) is 21.1 Å². The fourth-order valence-electron chi connectivity index (χ4n) is 2.05. The first-order valence-corrected chi connectivity index (χ1v) is 6.99. The molecule has 2 unspecified atom stereocenters. The Hall–Kier alpha value is -0.970. The van der Waals surface area contributed by atoms with E-state index in [2.05, 4.69) is 19.2 Å². The Labute approximate surface area is 118 Å². The molecule has 19 heavy (non-hydrogen) atoms. The summed E-state index contributed by atoms with van der Waals surface area (Å²) >= 11 is 6.20. The van der Waals surface area contributed by atoms with E-state index in [0.29, 0.717) is 35.8 Å². The molecule has 4 nitrogen and oxygen atoms in total. The predicted molar refractivity (Wildman–Crippen MR) is 75.2 cm³/mol. The molecule has 1 aliphatic heterocycles. The van der Waals surface area contributed by atoms with Gasteiger partial charge in [0, 0.05) is 6.04 Å². The van der Waals surface area contributed by atoms with E-state index in [9.17, 15) is 5.11 Å². The highest BCUT2D eigenvalue weighted by Gasteiger charge is 2.20. The second kappa shape index (κ2) is 6.46. The van der Waals surface area contributed by atoms with Crippen molar-refractivity contribution in [2.45, 2.75) is 32.4 Å². The van der Waals surface area contributed by atoms with Crippen molar-refractivity contribution in [1.82, 2.24) is 5.32 Å². The maximum Gasteiger partial charge on any atom is 0.179 e. The summed E-state index contributed by atoms with van der Waals surface area (Å²) in [6.07, 6.45) is 0.995. The minimum Gasteiger partial charge on any atom is -0.486 e. The lowest BCUT2D eigenvalue weighted by molar-refractivity contribution is 0.171. The molecule has 0 saturated carbocycles. The molecule has 1 aromatic rings. The SMILES string of the molecule is CCC(C)NC(CO)c1cc(Cl)c2c(c1)OCCO2. The maximum absolute atomic E-state index is 9.54. The van der Waals surface area contributed by atoms with Crippen LogP contribution in [0.25, 0.3) is 0 Å². The maximum atomic E-state index is 9.54. The van der Waals surface area contributed by atoms with Crippen molar-refractivity contribution in [3.05, 3.63) is 22.7 Å². The molecule has 2 atom stereocenters. The molecular weight excluding hydrogens is 266 g/mol. The fraction of sp³-hybridized carbons (Fsp3) is 0.571. The number of benzene rings is 1. The summed E-state index contributed by atoms with van der Waals surface area (Å²) in [5, 5.41) is 13.4. The van der Waals surface area contributed by atoms with Gasteiger partial charge < -0.3 is 19.9 Å². The lowest BCUT2D eigenvalue weighted by Crippen LogP contribution is -2.32. The van der Waals surface area contributed by atoms with E-state index >= 15 is 0 Å². The molecule has 1 aromatic carbocycles. The second-order valence-electron chi connectivity index (χ2n) is 4.74. The third kappa shape index (κ3) is 3.32. The molecule has 0 aliphatic carbocycles. The van der Waals surface area contributed by atoms with Crippen LogP contribution in [0.1, 0.15) is 31.9 Å². The zero-order valence-electron chi connectivity index (χ0n) is 11.3. The normalized spacial score (nSPS) is 17.1. The molecule has 0 saturated heterocycles. The minimum atomic E-state index is -0.150. The smallest absolute Gasteiger partial charge is 0.179 e. The molecular formula is C14H20ClNO3. The van der Waals surface area contributed by atoms with Crippen LogP contribution in [-0.2, 0) is 0 Å².